The average Bonchev–Trinajstić information content (AvgIpc) is 2.56. The van der Waals surface area contributed by atoms with E-state index in [-0.39, 0.29) is 18.2 Å². The largest absolute Gasteiger partial charge is 0.331 e. The fourth-order valence-corrected chi connectivity index (χ4v) is 2.84. The van der Waals surface area contributed by atoms with Crippen LogP contribution in [0.15, 0.2) is 48.5 Å². The summed E-state index contributed by atoms with van der Waals surface area (Å²) in [6.45, 7) is 2.32. The van der Waals surface area contributed by atoms with E-state index >= 15 is 0 Å². The zero-order valence-corrected chi connectivity index (χ0v) is 13.2. The van der Waals surface area contributed by atoms with Gasteiger partial charge in [-0.25, -0.2) is 0 Å². The van der Waals surface area contributed by atoms with Gasteiger partial charge in [0.25, 0.3) is 5.91 Å². The van der Waals surface area contributed by atoms with Crippen molar-refractivity contribution in [2.45, 2.75) is 13.3 Å². The molecule has 0 aliphatic carbocycles. The van der Waals surface area contributed by atoms with E-state index in [9.17, 15) is 9.59 Å². The quantitative estimate of drug-likeness (QED) is 0.811. The number of carbonyl (C=O) groups is 2. The van der Waals surface area contributed by atoms with Crippen LogP contribution in [0.1, 0.15) is 34.0 Å². The number of Topliss-reactive ketones (excluding diaryl/α,β-unsaturated/α-hetero) is 1. The van der Waals surface area contributed by atoms with Gasteiger partial charge in [-0.1, -0.05) is 54.6 Å². The average molecular weight is 305 g/mol. The van der Waals surface area contributed by atoms with Crippen molar-refractivity contribution in [3.63, 3.8) is 0 Å². The second-order valence-corrected chi connectivity index (χ2v) is 5.84. The Kier molecular flexibility index (Phi) is 4.38. The van der Waals surface area contributed by atoms with Gasteiger partial charge in [0.1, 0.15) is 5.78 Å². The van der Waals surface area contributed by atoms with Crippen LogP contribution in [0.4, 0.5) is 0 Å². The highest BCUT2D eigenvalue weighted by Crippen LogP contribution is 2.21. The lowest BCUT2D eigenvalue weighted by Crippen LogP contribution is -2.40. The molecule has 0 spiro atoms. The molecule has 3 rings (SSSR count). The summed E-state index contributed by atoms with van der Waals surface area (Å²) < 4.78 is 0. The number of benzene rings is 2. The van der Waals surface area contributed by atoms with Gasteiger partial charge in [-0.15, -0.1) is 0 Å². The number of hydrogen-bond donors (Lipinski definition) is 0. The summed E-state index contributed by atoms with van der Waals surface area (Å²) in [6, 6.07) is 16.0. The lowest BCUT2D eigenvalue weighted by atomic mass is 9.96. The zero-order valence-electron chi connectivity index (χ0n) is 13.2. The molecule has 0 radical (unpaired) electrons. The SMILES string of the molecule is CC(=O)CN1CCc2cc(/C=C/c3ccccc3)ccc2C1=O. The highest BCUT2D eigenvalue weighted by molar-refractivity contribution is 5.99. The minimum absolute atomic E-state index is 0.0178. The number of rotatable bonds is 4. The summed E-state index contributed by atoms with van der Waals surface area (Å²) in [7, 11) is 0. The van der Waals surface area contributed by atoms with Gasteiger partial charge in [0.15, 0.2) is 0 Å². The van der Waals surface area contributed by atoms with Crippen LogP contribution in [-0.2, 0) is 11.2 Å². The van der Waals surface area contributed by atoms with Crippen LogP contribution in [0.5, 0.6) is 0 Å². The Bertz CT molecular complexity index is 762. The molecule has 0 saturated heterocycles. The van der Waals surface area contributed by atoms with Crippen LogP contribution in [0.3, 0.4) is 0 Å². The minimum Gasteiger partial charge on any atom is -0.331 e. The van der Waals surface area contributed by atoms with Crippen molar-refractivity contribution in [2.24, 2.45) is 0 Å². The highest BCUT2D eigenvalue weighted by atomic mass is 16.2. The van der Waals surface area contributed by atoms with Gasteiger partial charge in [0.2, 0.25) is 0 Å². The molecule has 3 heteroatoms. The predicted molar refractivity (Wildman–Crippen MR) is 92.1 cm³/mol. The summed E-state index contributed by atoms with van der Waals surface area (Å²) in [5.74, 6) is -0.0238. The normalized spacial score (nSPS) is 14.1. The molecule has 1 aliphatic heterocycles. The van der Waals surface area contributed by atoms with Gasteiger partial charge in [0.05, 0.1) is 6.54 Å². The Balaban J connectivity index is 1.80. The van der Waals surface area contributed by atoms with E-state index in [4.69, 9.17) is 0 Å². The molecule has 1 heterocycles. The van der Waals surface area contributed by atoms with Crippen LogP contribution in [-0.4, -0.2) is 29.7 Å². The second kappa shape index (κ2) is 6.61. The van der Waals surface area contributed by atoms with E-state index in [2.05, 4.69) is 30.4 Å². The molecule has 0 aromatic heterocycles. The zero-order chi connectivity index (χ0) is 16.2. The van der Waals surface area contributed by atoms with Crippen molar-refractivity contribution >= 4 is 23.8 Å². The molecule has 2 aromatic rings. The summed E-state index contributed by atoms with van der Waals surface area (Å²) in [4.78, 5) is 25.3. The Morgan fingerprint density at radius 3 is 2.57 bits per heavy atom. The van der Waals surface area contributed by atoms with E-state index in [1.807, 2.05) is 30.3 Å². The number of carbonyl (C=O) groups excluding carboxylic acids is 2. The first-order chi connectivity index (χ1) is 11.1. The van der Waals surface area contributed by atoms with E-state index in [1.165, 1.54) is 6.92 Å². The van der Waals surface area contributed by atoms with Gasteiger partial charge in [0, 0.05) is 12.1 Å². The first-order valence-electron chi connectivity index (χ1n) is 7.78. The summed E-state index contributed by atoms with van der Waals surface area (Å²) in [5.41, 5.74) is 4.01. The first kappa shape index (κ1) is 15.2. The standard InChI is InChI=1S/C20H19NO2/c1-15(22)14-21-12-11-18-13-17(9-10-19(18)20(21)23)8-7-16-5-3-2-4-6-16/h2-10,13H,11-12,14H2,1H3/b8-7+. The number of fused-ring (bicyclic) bond motifs is 1. The van der Waals surface area contributed by atoms with E-state index in [0.29, 0.717) is 6.54 Å². The molecule has 0 saturated carbocycles. The van der Waals surface area contributed by atoms with Crippen LogP contribution in [0.25, 0.3) is 12.2 Å². The summed E-state index contributed by atoms with van der Waals surface area (Å²) in [5, 5.41) is 0. The summed E-state index contributed by atoms with van der Waals surface area (Å²) >= 11 is 0. The van der Waals surface area contributed by atoms with Crippen molar-refractivity contribution in [1.29, 1.82) is 0 Å². The first-order valence-corrected chi connectivity index (χ1v) is 7.78. The molecule has 3 nitrogen and oxygen atoms in total. The third-order valence-electron chi connectivity index (χ3n) is 3.98. The molecular formula is C20H19NO2. The topological polar surface area (TPSA) is 37.4 Å². The van der Waals surface area contributed by atoms with Crippen LogP contribution in [0.2, 0.25) is 0 Å². The van der Waals surface area contributed by atoms with Crippen molar-refractivity contribution in [1.82, 2.24) is 4.90 Å². The maximum Gasteiger partial charge on any atom is 0.254 e. The fourth-order valence-electron chi connectivity index (χ4n) is 2.84. The maximum atomic E-state index is 12.4. The van der Waals surface area contributed by atoms with Gasteiger partial charge in [-0.3, -0.25) is 9.59 Å². The molecule has 116 valence electrons. The lowest BCUT2D eigenvalue weighted by Gasteiger charge is -2.27. The molecule has 0 unspecified atom stereocenters. The predicted octanol–water partition coefficient (Wildman–Crippen LogP) is 3.44. The Hall–Kier alpha value is -2.68. The van der Waals surface area contributed by atoms with Crippen LogP contribution >= 0.6 is 0 Å². The van der Waals surface area contributed by atoms with Crippen molar-refractivity contribution in [3.8, 4) is 0 Å². The molecule has 0 bridgehead atoms. The van der Waals surface area contributed by atoms with Gasteiger partial charge in [-0.2, -0.15) is 0 Å². The van der Waals surface area contributed by atoms with E-state index in [1.54, 1.807) is 4.90 Å². The van der Waals surface area contributed by atoms with Crippen LogP contribution in [0, 0.1) is 0 Å². The molecule has 23 heavy (non-hydrogen) atoms. The molecule has 1 aliphatic rings. The molecule has 0 N–H and O–H groups in total. The minimum atomic E-state index is -0.0416. The Labute approximate surface area is 136 Å². The molecule has 2 aromatic carbocycles. The monoisotopic (exact) mass is 305 g/mol. The molecule has 0 fully saturated rings. The van der Waals surface area contributed by atoms with E-state index < -0.39 is 0 Å². The van der Waals surface area contributed by atoms with E-state index in [0.717, 1.165) is 28.7 Å². The number of amides is 1. The molecule has 1 amide bonds. The number of hydrogen-bond acceptors (Lipinski definition) is 2. The highest BCUT2D eigenvalue weighted by Gasteiger charge is 2.24. The Morgan fingerprint density at radius 1 is 1.09 bits per heavy atom. The molecular weight excluding hydrogens is 286 g/mol. The van der Waals surface area contributed by atoms with Crippen molar-refractivity contribution < 1.29 is 9.59 Å². The lowest BCUT2D eigenvalue weighted by molar-refractivity contribution is -0.117. The smallest absolute Gasteiger partial charge is 0.254 e. The second-order valence-electron chi connectivity index (χ2n) is 5.84. The fraction of sp³-hybridized carbons (Fsp3) is 0.200. The maximum absolute atomic E-state index is 12.4. The summed E-state index contributed by atoms with van der Waals surface area (Å²) in [6.07, 6.45) is 4.91. The van der Waals surface area contributed by atoms with Gasteiger partial charge in [-0.05, 0) is 36.1 Å². The Morgan fingerprint density at radius 2 is 1.83 bits per heavy atom. The molecule has 0 atom stereocenters. The number of nitrogens with zero attached hydrogens (tertiary/aromatic N) is 1. The van der Waals surface area contributed by atoms with Crippen molar-refractivity contribution in [3.05, 3.63) is 70.8 Å². The van der Waals surface area contributed by atoms with Crippen LogP contribution < -0.4 is 0 Å². The van der Waals surface area contributed by atoms with Gasteiger partial charge >= 0.3 is 0 Å². The number of ketones is 1. The van der Waals surface area contributed by atoms with Crippen molar-refractivity contribution in [2.75, 3.05) is 13.1 Å². The van der Waals surface area contributed by atoms with Gasteiger partial charge < -0.3 is 4.90 Å². The third-order valence-corrected chi connectivity index (χ3v) is 3.98. The third kappa shape index (κ3) is 3.57.